The van der Waals surface area contributed by atoms with Crippen LogP contribution in [-0.2, 0) is 33.0 Å². The lowest BCUT2D eigenvalue weighted by Gasteiger charge is -2.29. The molecule has 12 heteroatoms. The van der Waals surface area contributed by atoms with Crippen molar-refractivity contribution in [1.82, 2.24) is 4.90 Å². The van der Waals surface area contributed by atoms with Crippen molar-refractivity contribution in [1.29, 1.82) is 0 Å². The van der Waals surface area contributed by atoms with Gasteiger partial charge in [-0.3, -0.25) is 19.2 Å². The van der Waals surface area contributed by atoms with Gasteiger partial charge in [0.2, 0.25) is 5.91 Å². The highest BCUT2D eigenvalue weighted by molar-refractivity contribution is 6.09. The van der Waals surface area contributed by atoms with Gasteiger partial charge in [-0.25, -0.2) is 0 Å². The average Bonchev–Trinajstić information content (AvgIpc) is 3.69. The number of hydrogen-bond acceptors (Lipinski definition) is 8. The van der Waals surface area contributed by atoms with Gasteiger partial charge in [0, 0.05) is 47.1 Å². The first-order valence-electron chi connectivity index (χ1n) is 19.2. The van der Waals surface area contributed by atoms with E-state index in [0.717, 1.165) is 11.1 Å². The molecular weight excluding hydrogens is 737 g/mol. The molecular formula is C46H46N4O8. The fourth-order valence-corrected chi connectivity index (χ4v) is 7.74. The number of aliphatic hydroxyl groups excluding tert-OH is 1. The number of methoxy groups -OCH3 is 2. The van der Waals surface area contributed by atoms with Crippen LogP contribution in [0.4, 0.5) is 17.1 Å². The van der Waals surface area contributed by atoms with Gasteiger partial charge in [0.05, 0.1) is 45.6 Å². The molecule has 1 saturated heterocycles. The number of aliphatic hydroxyl groups is 1. The van der Waals surface area contributed by atoms with Crippen molar-refractivity contribution in [2.45, 2.75) is 44.6 Å². The number of benzene rings is 5. The number of fused-ring (bicyclic) bond motifs is 2. The molecule has 2 aliphatic heterocycles. The SMILES string of the molecule is COc1ccc(C(=O)Nc2ccc(CN3C(=O)[C@]4(O[C@H](CC(=O)N(CCO)Cc5ccccc5)C[C@@H]4C)c4cc(NC(=O)c5ccc(OC)cc5)ccc43)cc2)cc1. The molecule has 0 radical (unpaired) electrons. The number of nitrogens with one attached hydrogen (secondary N) is 2. The number of carbonyl (C=O) groups excluding carboxylic acids is 4. The van der Waals surface area contributed by atoms with Crippen LogP contribution in [0.2, 0.25) is 0 Å². The first-order valence-corrected chi connectivity index (χ1v) is 19.2. The van der Waals surface area contributed by atoms with Crippen LogP contribution in [-0.4, -0.2) is 67.1 Å². The molecule has 2 heterocycles. The van der Waals surface area contributed by atoms with Crippen LogP contribution < -0.4 is 25.0 Å². The molecule has 0 aliphatic carbocycles. The van der Waals surface area contributed by atoms with Gasteiger partial charge in [-0.15, -0.1) is 0 Å². The van der Waals surface area contributed by atoms with Crippen LogP contribution in [0.3, 0.4) is 0 Å². The van der Waals surface area contributed by atoms with Crippen LogP contribution in [0.15, 0.2) is 121 Å². The summed E-state index contributed by atoms with van der Waals surface area (Å²) in [7, 11) is 3.12. The number of anilines is 3. The van der Waals surface area contributed by atoms with Gasteiger partial charge in [-0.2, -0.15) is 0 Å². The van der Waals surface area contributed by atoms with Gasteiger partial charge in [0.1, 0.15) is 11.5 Å². The minimum absolute atomic E-state index is 0.0269. The first kappa shape index (κ1) is 39.7. The zero-order valence-corrected chi connectivity index (χ0v) is 32.6. The lowest BCUT2D eigenvalue weighted by Crippen LogP contribution is -2.44. The molecule has 1 fully saturated rings. The predicted molar refractivity (Wildman–Crippen MR) is 220 cm³/mol. The maximum Gasteiger partial charge on any atom is 0.264 e. The zero-order chi connectivity index (χ0) is 40.8. The molecule has 0 aromatic heterocycles. The summed E-state index contributed by atoms with van der Waals surface area (Å²) in [6.07, 6.45) is -0.116. The Bertz CT molecular complexity index is 2260. The van der Waals surface area contributed by atoms with Gasteiger partial charge in [-0.1, -0.05) is 49.4 Å². The van der Waals surface area contributed by atoms with Gasteiger partial charge in [0.15, 0.2) is 5.60 Å². The van der Waals surface area contributed by atoms with Crippen molar-refractivity contribution >= 4 is 40.7 Å². The second kappa shape index (κ2) is 17.3. The standard InChI is InChI=1S/C46H46N4O8/c1-30-25-39(27-42(52)49(23-24-51)28-31-7-5-4-6-8-31)58-46(30)40-26-36(48-44(54)34-13-20-38(57-3)21-14-34)17-22-41(40)50(45(46)55)29-32-9-15-35(16-10-32)47-43(53)33-11-18-37(56-2)19-12-33/h4-22,26,30,39,51H,23-25,27-29H2,1-3H3,(H,47,53)(H,48,54)/t30-,39-,46+/m0/s1. The highest BCUT2D eigenvalue weighted by Crippen LogP contribution is 2.54. The van der Waals surface area contributed by atoms with E-state index in [1.54, 1.807) is 96.8 Å². The van der Waals surface area contributed by atoms with Crippen molar-refractivity contribution < 1.29 is 38.5 Å². The molecule has 12 nitrogen and oxygen atoms in total. The summed E-state index contributed by atoms with van der Waals surface area (Å²) in [5, 5.41) is 15.7. The van der Waals surface area contributed by atoms with E-state index in [4.69, 9.17) is 14.2 Å². The number of carbonyl (C=O) groups is 4. The summed E-state index contributed by atoms with van der Waals surface area (Å²) in [6.45, 7) is 2.47. The Morgan fingerprint density at radius 3 is 1.97 bits per heavy atom. The molecule has 1 spiro atoms. The number of nitrogens with zero attached hydrogens (tertiary/aromatic N) is 2. The Morgan fingerprint density at radius 1 is 0.793 bits per heavy atom. The summed E-state index contributed by atoms with van der Waals surface area (Å²) in [5.41, 5.74) is 3.56. The molecule has 5 aromatic carbocycles. The predicted octanol–water partition coefficient (Wildman–Crippen LogP) is 6.79. The number of ether oxygens (including phenoxy) is 3. The zero-order valence-electron chi connectivity index (χ0n) is 32.6. The second-order valence-electron chi connectivity index (χ2n) is 14.5. The average molecular weight is 783 g/mol. The van der Waals surface area contributed by atoms with E-state index in [9.17, 15) is 24.3 Å². The number of rotatable bonds is 14. The molecule has 298 valence electrons. The summed E-state index contributed by atoms with van der Waals surface area (Å²) in [6, 6.07) is 35.8. The smallest absolute Gasteiger partial charge is 0.264 e. The van der Waals surface area contributed by atoms with E-state index >= 15 is 0 Å². The second-order valence-corrected chi connectivity index (χ2v) is 14.5. The van der Waals surface area contributed by atoms with Crippen molar-refractivity contribution in [3.05, 3.63) is 149 Å². The van der Waals surface area contributed by atoms with E-state index in [1.165, 1.54) is 0 Å². The lowest BCUT2D eigenvalue weighted by atomic mass is 9.82. The molecule has 0 unspecified atom stereocenters. The van der Waals surface area contributed by atoms with E-state index in [0.29, 0.717) is 58.2 Å². The fourth-order valence-electron chi connectivity index (χ4n) is 7.74. The summed E-state index contributed by atoms with van der Waals surface area (Å²) in [5.74, 6) is -0.0989. The highest BCUT2D eigenvalue weighted by atomic mass is 16.5. The molecule has 3 N–H and O–H groups in total. The topological polar surface area (TPSA) is 147 Å². The maximum absolute atomic E-state index is 14.8. The van der Waals surface area contributed by atoms with E-state index in [-0.39, 0.29) is 55.7 Å². The molecule has 7 rings (SSSR count). The quantitative estimate of drug-likeness (QED) is 0.112. The minimum Gasteiger partial charge on any atom is -0.497 e. The van der Waals surface area contributed by atoms with Crippen LogP contribution in [0.5, 0.6) is 11.5 Å². The molecule has 58 heavy (non-hydrogen) atoms. The maximum atomic E-state index is 14.8. The van der Waals surface area contributed by atoms with Crippen molar-refractivity contribution in [2.75, 3.05) is 42.9 Å². The van der Waals surface area contributed by atoms with Gasteiger partial charge < -0.3 is 39.8 Å². The van der Waals surface area contributed by atoms with Crippen LogP contribution in [0, 0.1) is 5.92 Å². The molecule has 5 aromatic rings. The van der Waals surface area contributed by atoms with E-state index < -0.39 is 11.7 Å². The third-order valence-electron chi connectivity index (χ3n) is 10.8. The van der Waals surface area contributed by atoms with Crippen LogP contribution in [0.1, 0.15) is 57.2 Å². The Balaban J connectivity index is 1.14. The lowest BCUT2D eigenvalue weighted by molar-refractivity contribution is -0.150. The Kier molecular flexibility index (Phi) is 11.9. The molecule has 0 bridgehead atoms. The molecule has 4 amide bonds. The number of amides is 4. The van der Waals surface area contributed by atoms with Gasteiger partial charge in [-0.05, 0) is 96.4 Å². The van der Waals surface area contributed by atoms with E-state index in [1.807, 2.05) is 55.5 Å². The minimum atomic E-state index is -1.42. The Morgan fingerprint density at radius 2 is 1.38 bits per heavy atom. The van der Waals surface area contributed by atoms with Gasteiger partial charge >= 0.3 is 0 Å². The van der Waals surface area contributed by atoms with Gasteiger partial charge in [0.25, 0.3) is 17.7 Å². The number of hydrogen-bond donors (Lipinski definition) is 3. The largest absolute Gasteiger partial charge is 0.497 e. The summed E-state index contributed by atoms with van der Waals surface area (Å²) >= 11 is 0. The first-order chi connectivity index (χ1) is 28.1. The van der Waals surface area contributed by atoms with E-state index in [2.05, 4.69) is 10.6 Å². The van der Waals surface area contributed by atoms with Crippen molar-refractivity contribution in [2.24, 2.45) is 5.92 Å². The monoisotopic (exact) mass is 782 g/mol. The summed E-state index contributed by atoms with van der Waals surface area (Å²) < 4.78 is 17.2. The van der Waals surface area contributed by atoms with Crippen molar-refractivity contribution in [3.63, 3.8) is 0 Å². The normalized spacial score (nSPS) is 18.1. The molecule has 2 aliphatic rings. The summed E-state index contributed by atoms with van der Waals surface area (Å²) in [4.78, 5) is 58.1. The van der Waals surface area contributed by atoms with Crippen LogP contribution in [0.25, 0.3) is 0 Å². The fraction of sp³-hybridized carbons (Fsp3) is 0.261. The van der Waals surface area contributed by atoms with Crippen LogP contribution >= 0.6 is 0 Å². The Hall–Kier alpha value is -6.50. The van der Waals surface area contributed by atoms with Crippen molar-refractivity contribution in [3.8, 4) is 11.5 Å². The third-order valence-corrected chi connectivity index (χ3v) is 10.8. The molecule has 0 saturated carbocycles. The Labute approximate surface area is 337 Å². The highest BCUT2D eigenvalue weighted by Gasteiger charge is 2.60. The molecule has 3 atom stereocenters. The third kappa shape index (κ3) is 8.29.